The van der Waals surface area contributed by atoms with E-state index in [-0.39, 0.29) is 5.41 Å². The van der Waals surface area contributed by atoms with Gasteiger partial charge in [-0.3, -0.25) is 0 Å². The fourth-order valence-electron chi connectivity index (χ4n) is 3.18. The van der Waals surface area contributed by atoms with Crippen molar-refractivity contribution in [1.29, 1.82) is 5.26 Å². The molecule has 96 valence electrons. The lowest BCUT2D eigenvalue weighted by Crippen LogP contribution is -2.43. The highest BCUT2D eigenvalue weighted by atomic mass is 15.1. The Balaban J connectivity index is 1.74. The fraction of sp³-hybridized carbons (Fsp3) is 0.929. The molecule has 0 radical (unpaired) electrons. The lowest BCUT2D eigenvalue weighted by Gasteiger charge is -2.40. The van der Waals surface area contributed by atoms with Gasteiger partial charge in [-0.05, 0) is 58.8 Å². The summed E-state index contributed by atoms with van der Waals surface area (Å²) in [5.41, 5.74) is 0.000207. The maximum absolute atomic E-state index is 9.24. The number of nitriles is 1. The Morgan fingerprint density at radius 2 is 2.00 bits per heavy atom. The molecule has 1 saturated carbocycles. The number of hydrogen-bond acceptors (Lipinski definition) is 3. The molecule has 2 fully saturated rings. The van der Waals surface area contributed by atoms with Crippen LogP contribution >= 0.6 is 0 Å². The van der Waals surface area contributed by atoms with Gasteiger partial charge in [0.2, 0.25) is 0 Å². The van der Waals surface area contributed by atoms with E-state index in [2.05, 4.69) is 30.0 Å². The molecule has 0 aromatic carbocycles. The van der Waals surface area contributed by atoms with Crippen molar-refractivity contribution in [2.45, 2.75) is 32.1 Å². The van der Waals surface area contributed by atoms with Crippen molar-refractivity contribution in [3.63, 3.8) is 0 Å². The number of nitrogens with zero attached hydrogens (tertiary/aromatic N) is 3. The smallest absolute Gasteiger partial charge is 0.0703 e. The summed E-state index contributed by atoms with van der Waals surface area (Å²) in [5.74, 6) is 0.840. The van der Waals surface area contributed by atoms with Gasteiger partial charge in [-0.25, -0.2) is 0 Å². The summed E-state index contributed by atoms with van der Waals surface area (Å²) in [6.45, 7) is 4.64. The second-order valence-corrected chi connectivity index (χ2v) is 6.19. The molecule has 2 rings (SSSR count). The summed E-state index contributed by atoms with van der Waals surface area (Å²) in [6.07, 6.45) is 6.11. The summed E-state index contributed by atoms with van der Waals surface area (Å²) < 4.78 is 0. The van der Waals surface area contributed by atoms with Gasteiger partial charge >= 0.3 is 0 Å². The Kier molecular flexibility index (Phi) is 4.06. The van der Waals surface area contributed by atoms with Gasteiger partial charge in [-0.2, -0.15) is 5.26 Å². The van der Waals surface area contributed by atoms with E-state index in [1.54, 1.807) is 0 Å². The molecule has 2 aliphatic rings. The van der Waals surface area contributed by atoms with E-state index in [9.17, 15) is 5.26 Å². The van der Waals surface area contributed by atoms with Crippen molar-refractivity contribution in [1.82, 2.24) is 9.80 Å². The normalized spacial score (nSPS) is 25.5. The maximum Gasteiger partial charge on any atom is 0.0703 e. The number of piperidine rings is 1. The second-order valence-electron chi connectivity index (χ2n) is 6.19. The Morgan fingerprint density at radius 1 is 1.35 bits per heavy atom. The molecule has 3 heteroatoms. The summed E-state index contributed by atoms with van der Waals surface area (Å²) in [5, 5.41) is 9.24. The third kappa shape index (κ3) is 3.20. The highest BCUT2D eigenvalue weighted by Gasteiger charge is 2.38. The molecule has 1 aliphatic carbocycles. The van der Waals surface area contributed by atoms with Crippen molar-refractivity contribution in [2.75, 3.05) is 40.3 Å². The highest BCUT2D eigenvalue weighted by Crippen LogP contribution is 2.40. The SMILES string of the molecule is CN1CCC(CN(C)CC2(C#N)CCC2)CC1. The Bertz CT molecular complexity index is 282. The molecule has 0 amide bonds. The van der Waals surface area contributed by atoms with E-state index >= 15 is 0 Å². The van der Waals surface area contributed by atoms with Crippen LogP contribution in [0.3, 0.4) is 0 Å². The zero-order valence-electron chi connectivity index (χ0n) is 11.3. The van der Waals surface area contributed by atoms with E-state index in [0.29, 0.717) is 0 Å². The van der Waals surface area contributed by atoms with Crippen LogP contribution in [0.15, 0.2) is 0 Å². The molecule has 0 unspecified atom stereocenters. The molecule has 0 aromatic rings. The third-order valence-electron chi connectivity index (χ3n) is 4.53. The van der Waals surface area contributed by atoms with Crippen LogP contribution in [0.4, 0.5) is 0 Å². The number of rotatable bonds is 4. The van der Waals surface area contributed by atoms with E-state index in [1.807, 2.05) is 0 Å². The van der Waals surface area contributed by atoms with Gasteiger partial charge in [0, 0.05) is 13.1 Å². The Labute approximate surface area is 105 Å². The minimum absolute atomic E-state index is 0.000207. The van der Waals surface area contributed by atoms with Gasteiger partial charge in [-0.1, -0.05) is 6.42 Å². The zero-order valence-corrected chi connectivity index (χ0v) is 11.3. The van der Waals surface area contributed by atoms with Crippen LogP contribution in [0, 0.1) is 22.7 Å². The third-order valence-corrected chi connectivity index (χ3v) is 4.53. The minimum Gasteiger partial charge on any atom is -0.306 e. The van der Waals surface area contributed by atoms with Gasteiger partial charge < -0.3 is 9.80 Å². The van der Waals surface area contributed by atoms with Crippen molar-refractivity contribution >= 4 is 0 Å². The first kappa shape index (κ1) is 12.9. The van der Waals surface area contributed by atoms with E-state index in [1.165, 1.54) is 38.9 Å². The zero-order chi connectivity index (χ0) is 12.3. The molecule has 3 nitrogen and oxygen atoms in total. The predicted octanol–water partition coefficient (Wildman–Crippen LogP) is 1.95. The molecule has 0 spiro atoms. The maximum atomic E-state index is 9.24. The summed E-state index contributed by atoms with van der Waals surface area (Å²) in [4.78, 5) is 4.82. The van der Waals surface area contributed by atoms with Crippen LogP contribution in [0.2, 0.25) is 0 Å². The Hall–Kier alpha value is -0.590. The van der Waals surface area contributed by atoms with Crippen LogP contribution < -0.4 is 0 Å². The standard InChI is InChI=1S/C14H25N3/c1-16-8-4-13(5-9-16)10-17(2)12-14(11-15)6-3-7-14/h13H,3-10,12H2,1-2H3. The van der Waals surface area contributed by atoms with E-state index < -0.39 is 0 Å². The quantitative estimate of drug-likeness (QED) is 0.746. The predicted molar refractivity (Wildman–Crippen MR) is 69.6 cm³/mol. The van der Waals surface area contributed by atoms with E-state index in [4.69, 9.17) is 0 Å². The van der Waals surface area contributed by atoms with Crippen LogP contribution in [0.25, 0.3) is 0 Å². The van der Waals surface area contributed by atoms with Gasteiger partial charge in [-0.15, -0.1) is 0 Å². The second kappa shape index (κ2) is 5.37. The highest BCUT2D eigenvalue weighted by molar-refractivity contribution is 5.06. The van der Waals surface area contributed by atoms with Gasteiger partial charge in [0.25, 0.3) is 0 Å². The van der Waals surface area contributed by atoms with Gasteiger partial charge in [0.05, 0.1) is 11.5 Å². The average molecular weight is 235 g/mol. The molecule has 17 heavy (non-hydrogen) atoms. The first-order valence-electron chi connectivity index (χ1n) is 6.92. The lowest BCUT2D eigenvalue weighted by molar-refractivity contribution is 0.110. The van der Waals surface area contributed by atoms with Crippen LogP contribution in [-0.4, -0.2) is 50.1 Å². The monoisotopic (exact) mass is 235 g/mol. The molecule has 1 saturated heterocycles. The molecule has 0 N–H and O–H groups in total. The average Bonchev–Trinajstić information content (AvgIpc) is 2.27. The molecular formula is C14H25N3. The molecular weight excluding hydrogens is 210 g/mol. The fourth-order valence-corrected chi connectivity index (χ4v) is 3.18. The van der Waals surface area contributed by atoms with Crippen molar-refractivity contribution < 1.29 is 0 Å². The molecule has 0 aromatic heterocycles. The van der Waals surface area contributed by atoms with Gasteiger partial charge in [0.15, 0.2) is 0 Å². The minimum atomic E-state index is 0.000207. The van der Waals surface area contributed by atoms with Crippen molar-refractivity contribution in [3.8, 4) is 6.07 Å². The lowest BCUT2D eigenvalue weighted by atomic mass is 9.69. The molecule has 0 bridgehead atoms. The molecule has 1 aliphatic heterocycles. The summed E-state index contributed by atoms with van der Waals surface area (Å²) in [7, 11) is 4.40. The van der Waals surface area contributed by atoms with Crippen molar-refractivity contribution in [2.24, 2.45) is 11.3 Å². The Morgan fingerprint density at radius 3 is 2.47 bits per heavy atom. The largest absolute Gasteiger partial charge is 0.306 e. The molecule has 1 heterocycles. The summed E-state index contributed by atoms with van der Waals surface area (Å²) >= 11 is 0. The first-order chi connectivity index (χ1) is 8.13. The van der Waals surface area contributed by atoms with E-state index in [0.717, 1.165) is 25.3 Å². The first-order valence-corrected chi connectivity index (χ1v) is 6.92. The van der Waals surface area contributed by atoms with Crippen molar-refractivity contribution in [3.05, 3.63) is 0 Å². The van der Waals surface area contributed by atoms with Gasteiger partial charge in [0.1, 0.15) is 0 Å². The topological polar surface area (TPSA) is 30.3 Å². The van der Waals surface area contributed by atoms with Crippen LogP contribution in [0.5, 0.6) is 0 Å². The number of hydrogen-bond donors (Lipinski definition) is 0. The van der Waals surface area contributed by atoms with Crippen LogP contribution in [-0.2, 0) is 0 Å². The van der Waals surface area contributed by atoms with Crippen LogP contribution in [0.1, 0.15) is 32.1 Å². The number of likely N-dealkylation sites (tertiary alicyclic amines) is 1. The summed E-state index contributed by atoms with van der Waals surface area (Å²) in [6, 6.07) is 2.54. The molecule has 0 atom stereocenters.